The molecular formula is C19H23N5OS2. The maximum atomic E-state index is 10.3. The molecule has 0 fully saturated rings. The number of carbonyl (C=O) groups excluding carboxylic acids is 1. The summed E-state index contributed by atoms with van der Waals surface area (Å²) < 4.78 is 0. The highest BCUT2D eigenvalue weighted by Crippen LogP contribution is 2.15. The molecule has 2 N–H and O–H groups in total. The minimum absolute atomic E-state index is 0.347. The number of carbonyl (C=O) groups is 1. The Labute approximate surface area is 167 Å². The molecule has 3 rings (SSSR count). The van der Waals surface area contributed by atoms with Gasteiger partial charge in [0.1, 0.15) is 12.2 Å². The van der Waals surface area contributed by atoms with Gasteiger partial charge in [0.25, 0.3) is 5.91 Å². The molecule has 8 heteroatoms. The van der Waals surface area contributed by atoms with E-state index >= 15 is 0 Å². The van der Waals surface area contributed by atoms with E-state index in [0.29, 0.717) is 11.3 Å². The van der Waals surface area contributed by atoms with Gasteiger partial charge in [-0.25, -0.2) is 15.0 Å². The lowest BCUT2D eigenvalue weighted by atomic mass is 10.2. The highest BCUT2D eigenvalue weighted by Gasteiger charge is 2.03. The summed E-state index contributed by atoms with van der Waals surface area (Å²) >= 11 is 3.06. The number of pyridine rings is 1. The Kier molecular flexibility index (Phi) is 9.43. The summed E-state index contributed by atoms with van der Waals surface area (Å²) in [6, 6.07) is 9.37. The molecular weight excluding hydrogens is 378 g/mol. The predicted octanol–water partition coefficient (Wildman–Crippen LogP) is 3.99. The minimum atomic E-state index is -0.347. The largest absolute Gasteiger partial charge is 0.365 e. The third-order valence-corrected chi connectivity index (χ3v) is 5.24. The predicted molar refractivity (Wildman–Crippen MR) is 110 cm³/mol. The Morgan fingerprint density at radius 1 is 1.15 bits per heavy atom. The topological polar surface area (TPSA) is 94.7 Å². The third kappa shape index (κ3) is 8.27. The summed E-state index contributed by atoms with van der Waals surface area (Å²) in [5.74, 6) is 1.51. The number of rotatable bonds is 8. The third-order valence-electron chi connectivity index (χ3n) is 3.41. The van der Waals surface area contributed by atoms with Crippen LogP contribution in [-0.2, 0) is 6.42 Å². The Balaban J connectivity index is 0.000000273. The van der Waals surface area contributed by atoms with E-state index in [0.717, 1.165) is 22.4 Å². The summed E-state index contributed by atoms with van der Waals surface area (Å²) in [6.07, 6.45) is 7.75. The highest BCUT2D eigenvalue weighted by molar-refractivity contribution is 7.99. The molecule has 0 atom stereocenters. The summed E-state index contributed by atoms with van der Waals surface area (Å²) in [5.41, 5.74) is 5.91. The average Bonchev–Trinajstić information content (AvgIpc) is 3.22. The summed E-state index contributed by atoms with van der Waals surface area (Å²) in [4.78, 5) is 28.1. The van der Waals surface area contributed by atoms with E-state index in [1.807, 2.05) is 23.6 Å². The number of primary amides is 1. The zero-order chi connectivity index (χ0) is 19.3. The van der Waals surface area contributed by atoms with Crippen LogP contribution in [0.2, 0.25) is 0 Å². The van der Waals surface area contributed by atoms with Gasteiger partial charge >= 0.3 is 0 Å². The van der Waals surface area contributed by atoms with E-state index in [4.69, 9.17) is 5.73 Å². The van der Waals surface area contributed by atoms with Gasteiger partial charge in [-0.2, -0.15) is 0 Å². The Morgan fingerprint density at radius 3 is 2.67 bits per heavy atom. The van der Waals surface area contributed by atoms with E-state index in [2.05, 4.69) is 26.9 Å². The van der Waals surface area contributed by atoms with Crippen molar-refractivity contribution in [1.29, 1.82) is 0 Å². The molecule has 27 heavy (non-hydrogen) atoms. The highest BCUT2D eigenvalue weighted by atomic mass is 32.2. The van der Waals surface area contributed by atoms with Crippen LogP contribution in [0.5, 0.6) is 0 Å². The number of aromatic nitrogens is 4. The normalized spacial score (nSPS) is 10.1. The van der Waals surface area contributed by atoms with Crippen molar-refractivity contribution in [2.24, 2.45) is 5.73 Å². The van der Waals surface area contributed by atoms with Crippen molar-refractivity contribution < 1.29 is 4.79 Å². The number of nitrogens with zero attached hydrogens (tertiary/aromatic N) is 4. The van der Waals surface area contributed by atoms with Crippen LogP contribution in [0.3, 0.4) is 0 Å². The maximum absolute atomic E-state index is 10.3. The van der Waals surface area contributed by atoms with Crippen LogP contribution in [0, 0.1) is 0 Å². The Morgan fingerprint density at radius 2 is 2.04 bits per heavy atom. The van der Waals surface area contributed by atoms with Gasteiger partial charge in [-0.1, -0.05) is 43.7 Å². The van der Waals surface area contributed by atoms with Crippen LogP contribution in [-0.4, -0.2) is 31.6 Å². The van der Waals surface area contributed by atoms with Gasteiger partial charge in [0.15, 0.2) is 5.16 Å². The molecule has 3 aromatic heterocycles. The number of unbranched alkanes of at least 4 members (excludes halogenated alkanes) is 2. The monoisotopic (exact) mass is 401 g/mol. The summed E-state index contributed by atoms with van der Waals surface area (Å²) in [6.45, 7) is 2.21. The molecule has 6 nitrogen and oxygen atoms in total. The molecule has 0 saturated carbocycles. The van der Waals surface area contributed by atoms with Crippen molar-refractivity contribution in [3.63, 3.8) is 0 Å². The van der Waals surface area contributed by atoms with Crippen molar-refractivity contribution in [3.8, 4) is 0 Å². The molecule has 3 aromatic rings. The lowest BCUT2D eigenvalue weighted by Gasteiger charge is -2.02. The fourth-order valence-electron chi connectivity index (χ4n) is 2.07. The molecule has 0 saturated heterocycles. The molecule has 0 aliphatic rings. The number of thiophene rings is 1. The minimum Gasteiger partial charge on any atom is -0.365 e. The summed E-state index contributed by atoms with van der Waals surface area (Å²) in [7, 11) is 0. The van der Waals surface area contributed by atoms with Gasteiger partial charge in [-0.3, -0.25) is 9.78 Å². The lowest BCUT2D eigenvalue weighted by molar-refractivity contribution is 0.100. The molecule has 0 aliphatic carbocycles. The van der Waals surface area contributed by atoms with Gasteiger partial charge in [0, 0.05) is 17.6 Å². The fraction of sp³-hybridized carbons (Fsp3) is 0.316. The van der Waals surface area contributed by atoms with Gasteiger partial charge < -0.3 is 5.73 Å². The van der Waals surface area contributed by atoms with Crippen molar-refractivity contribution in [3.05, 3.63) is 64.6 Å². The number of amides is 1. The second kappa shape index (κ2) is 12.1. The molecule has 0 unspecified atom stereocenters. The fourth-order valence-corrected chi connectivity index (χ4v) is 3.47. The van der Waals surface area contributed by atoms with E-state index in [1.165, 1.54) is 30.6 Å². The lowest BCUT2D eigenvalue weighted by Crippen LogP contribution is -2.07. The maximum Gasteiger partial charge on any atom is 0.258 e. The summed E-state index contributed by atoms with van der Waals surface area (Å²) in [5, 5.41) is 2.64. The van der Waals surface area contributed by atoms with Crippen LogP contribution >= 0.6 is 23.1 Å². The Bertz CT molecular complexity index is 797. The standard InChI is InChI=1S/C14H18N4S.C5H5NOS/c1-2-3-6-9-19-14-17-11-16-13(18-14)10-12-7-4-5-8-15-12;6-5(7)4-2-1-3-8-4/h4-5,7-8,11H,2-3,6,9-10H2,1H3;1-3H,(H2,6,7). The first kappa shape index (κ1) is 21.0. The molecule has 0 aromatic carbocycles. The van der Waals surface area contributed by atoms with E-state index in [-0.39, 0.29) is 5.91 Å². The average molecular weight is 402 g/mol. The number of thioether (sulfide) groups is 1. The van der Waals surface area contributed by atoms with Crippen LogP contribution < -0.4 is 5.73 Å². The second-order valence-electron chi connectivity index (χ2n) is 5.58. The molecule has 142 valence electrons. The number of nitrogens with two attached hydrogens (primary N) is 1. The molecule has 0 spiro atoms. The zero-order valence-corrected chi connectivity index (χ0v) is 16.9. The molecule has 3 heterocycles. The van der Waals surface area contributed by atoms with Gasteiger partial charge in [-0.15, -0.1) is 11.3 Å². The quantitative estimate of drug-likeness (QED) is 0.453. The van der Waals surface area contributed by atoms with Crippen molar-refractivity contribution >= 4 is 29.0 Å². The first-order valence-electron chi connectivity index (χ1n) is 8.73. The van der Waals surface area contributed by atoms with E-state index in [1.54, 1.807) is 36.4 Å². The number of hydrogen-bond acceptors (Lipinski definition) is 7. The van der Waals surface area contributed by atoms with Gasteiger partial charge in [0.2, 0.25) is 0 Å². The number of hydrogen-bond donors (Lipinski definition) is 1. The van der Waals surface area contributed by atoms with Crippen molar-refractivity contribution in [2.75, 3.05) is 5.75 Å². The molecule has 0 aliphatic heterocycles. The van der Waals surface area contributed by atoms with Gasteiger partial charge in [-0.05, 0) is 30.0 Å². The van der Waals surface area contributed by atoms with Crippen LogP contribution in [0.15, 0.2) is 53.4 Å². The molecule has 1 amide bonds. The van der Waals surface area contributed by atoms with E-state index < -0.39 is 0 Å². The second-order valence-corrected chi connectivity index (χ2v) is 7.59. The van der Waals surface area contributed by atoms with Gasteiger partial charge in [0.05, 0.1) is 11.3 Å². The van der Waals surface area contributed by atoms with Crippen molar-refractivity contribution in [1.82, 2.24) is 19.9 Å². The van der Waals surface area contributed by atoms with Crippen molar-refractivity contribution in [2.45, 2.75) is 37.8 Å². The van der Waals surface area contributed by atoms with Crippen LogP contribution in [0.4, 0.5) is 0 Å². The SMILES string of the molecule is CCCCCSc1ncnc(Cc2ccccn2)n1.NC(=O)c1cccs1. The smallest absolute Gasteiger partial charge is 0.258 e. The first-order valence-corrected chi connectivity index (χ1v) is 10.6. The molecule has 0 radical (unpaired) electrons. The molecule has 0 bridgehead atoms. The zero-order valence-electron chi connectivity index (χ0n) is 15.2. The Hall–Kier alpha value is -2.32. The van der Waals surface area contributed by atoms with Crippen LogP contribution in [0.25, 0.3) is 0 Å². The van der Waals surface area contributed by atoms with Crippen LogP contribution in [0.1, 0.15) is 47.4 Å². The van der Waals surface area contributed by atoms with E-state index in [9.17, 15) is 4.79 Å². The first-order chi connectivity index (χ1) is 13.2.